The van der Waals surface area contributed by atoms with E-state index < -0.39 is 0 Å². The Morgan fingerprint density at radius 2 is 2.05 bits per heavy atom. The van der Waals surface area contributed by atoms with Crippen molar-refractivity contribution in [1.29, 1.82) is 0 Å². The van der Waals surface area contributed by atoms with Gasteiger partial charge in [0.1, 0.15) is 0 Å². The SMILES string of the molecule is Cc1ncc(CN(C)C(=O)c2ccc(CCN)cc2)s1. The highest BCUT2D eigenvalue weighted by molar-refractivity contribution is 7.11. The number of nitrogens with two attached hydrogens (primary N) is 1. The van der Waals surface area contributed by atoms with E-state index in [1.165, 1.54) is 0 Å². The first-order chi connectivity index (χ1) is 9.60. The number of rotatable bonds is 5. The maximum atomic E-state index is 12.3. The first-order valence-corrected chi connectivity index (χ1v) is 7.37. The summed E-state index contributed by atoms with van der Waals surface area (Å²) in [7, 11) is 1.81. The van der Waals surface area contributed by atoms with Gasteiger partial charge in [-0.25, -0.2) is 4.98 Å². The van der Waals surface area contributed by atoms with E-state index in [-0.39, 0.29) is 5.91 Å². The van der Waals surface area contributed by atoms with Crippen LogP contribution in [0.2, 0.25) is 0 Å². The average Bonchev–Trinajstić information content (AvgIpc) is 2.84. The van der Waals surface area contributed by atoms with E-state index in [9.17, 15) is 4.79 Å². The molecule has 0 aliphatic carbocycles. The fourth-order valence-corrected chi connectivity index (χ4v) is 2.83. The number of thiazole rings is 1. The van der Waals surface area contributed by atoms with Crippen molar-refractivity contribution < 1.29 is 4.79 Å². The van der Waals surface area contributed by atoms with E-state index in [0.717, 1.165) is 21.9 Å². The summed E-state index contributed by atoms with van der Waals surface area (Å²) in [5, 5.41) is 1.02. The Kier molecular flexibility index (Phi) is 4.87. The molecule has 2 rings (SSSR count). The fourth-order valence-electron chi connectivity index (χ4n) is 1.99. The van der Waals surface area contributed by atoms with Crippen LogP contribution in [0.4, 0.5) is 0 Å². The first kappa shape index (κ1) is 14.7. The molecule has 0 unspecified atom stereocenters. The fraction of sp³-hybridized carbons (Fsp3) is 0.333. The third-order valence-corrected chi connectivity index (χ3v) is 3.94. The maximum Gasteiger partial charge on any atom is 0.253 e. The molecule has 4 nitrogen and oxygen atoms in total. The number of aryl methyl sites for hydroxylation is 1. The Balaban J connectivity index is 2.02. The van der Waals surface area contributed by atoms with E-state index in [4.69, 9.17) is 5.73 Å². The Bertz CT molecular complexity index is 577. The summed E-state index contributed by atoms with van der Waals surface area (Å²) in [6.07, 6.45) is 2.67. The molecule has 0 bridgehead atoms. The van der Waals surface area contributed by atoms with Crippen molar-refractivity contribution in [3.05, 3.63) is 51.5 Å². The van der Waals surface area contributed by atoms with Gasteiger partial charge in [0.15, 0.2) is 0 Å². The summed E-state index contributed by atoms with van der Waals surface area (Å²) >= 11 is 1.62. The molecule has 0 spiro atoms. The number of benzene rings is 1. The van der Waals surface area contributed by atoms with E-state index in [1.807, 2.05) is 44.4 Å². The van der Waals surface area contributed by atoms with Crippen molar-refractivity contribution >= 4 is 17.2 Å². The van der Waals surface area contributed by atoms with Gasteiger partial charge in [0.2, 0.25) is 0 Å². The Morgan fingerprint density at radius 1 is 1.35 bits per heavy atom. The maximum absolute atomic E-state index is 12.3. The van der Waals surface area contributed by atoms with E-state index >= 15 is 0 Å². The highest BCUT2D eigenvalue weighted by Crippen LogP contribution is 2.15. The predicted molar refractivity (Wildman–Crippen MR) is 81.8 cm³/mol. The molecule has 0 atom stereocenters. The molecule has 2 aromatic rings. The molecule has 1 aromatic heterocycles. The second-order valence-corrected chi connectivity index (χ2v) is 6.06. The Hall–Kier alpha value is -1.72. The average molecular weight is 289 g/mol. The molecule has 1 amide bonds. The van der Waals surface area contributed by atoms with Gasteiger partial charge in [-0.1, -0.05) is 12.1 Å². The summed E-state index contributed by atoms with van der Waals surface area (Å²) in [5.74, 6) is 0.0235. The van der Waals surface area contributed by atoms with Crippen molar-refractivity contribution in [2.75, 3.05) is 13.6 Å². The van der Waals surface area contributed by atoms with Crippen LogP contribution >= 0.6 is 11.3 Å². The predicted octanol–water partition coefficient (Wildman–Crippen LogP) is 2.22. The third kappa shape index (κ3) is 3.65. The molecule has 0 aliphatic heterocycles. The van der Waals surface area contributed by atoms with Crippen LogP contribution in [0.3, 0.4) is 0 Å². The quantitative estimate of drug-likeness (QED) is 0.918. The number of hydrogen-bond acceptors (Lipinski definition) is 4. The molecule has 0 radical (unpaired) electrons. The molecular formula is C15H19N3OS. The number of nitrogens with zero attached hydrogens (tertiary/aromatic N) is 2. The molecule has 1 heterocycles. The minimum absolute atomic E-state index is 0.0235. The second kappa shape index (κ2) is 6.63. The van der Waals surface area contributed by atoms with Crippen LogP contribution in [0, 0.1) is 6.92 Å². The summed E-state index contributed by atoms with van der Waals surface area (Å²) < 4.78 is 0. The standard InChI is InChI=1S/C15H19N3OS/c1-11-17-9-14(20-11)10-18(2)15(19)13-5-3-12(4-6-13)7-8-16/h3-6,9H,7-8,10,16H2,1-2H3. The van der Waals surface area contributed by atoms with E-state index in [2.05, 4.69) is 4.98 Å². The molecular weight excluding hydrogens is 270 g/mol. The zero-order valence-electron chi connectivity index (χ0n) is 11.8. The van der Waals surface area contributed by atoms with Gasteiger partial charge < -0.3 is 10.6 Å². The number of aromatic nitrogens is 1. The molecule has 1 aromatic carbocycles. The number of hydrogen-bond donors (Lipinski definition) is 1. The largest absolute Gasteiger partial charge is 0.337 e. The van der Waals surface area contributed by atoms with Crippen molar-refractivity contribution in [3.63, 3.8) is 0 Å². The number of carbonyl (C=O) groups excluding carboxylic acids is 1. The molecule has 0 saturated heterocycles. The van der Waals surface area contributed by atoms with Crippen LogP contribution in [0.25, 0.3) is 0 Å². The zero-order valence-corrected chi connectivity index (χ0v) is 12.6. The summed E-state index contributed by atoms with van der Waals surface area (Å²) in [6.45, 7) is 3.18. The molecule has 106 valence electrons. The molecule has 0 fully saturated rings. The third-order valence-electron chi connectivity index (χ3n) is 3.04. The second-order valence-electron chi connectivity index (χ2n) is 4.74. The van der Waals surface area contributed by atoms with Crippen molar-refractivity contribution in [1.82, 2.24) is 9.88 Å². The normalized spacial score (nSPS) is 10.6. The molecule has 2 N–H and O–H groups in total. The Morgan fingerprint density at radius 3 is 2.60 bits per heavy atom. The lowest BCUT2D eigenvalue weighted by molar-refractivity contribution is 0.0786. The van der Waals surface area contributed by atoms with Crippen LogP contribution in [-0.4, -0.2) is 29.4 Å². The van der Waals surface area contributed by atoms with Crippen LogP contribution in [0.5, 0.6) is 0 Å². The number of amides is 1. The topological polar surface area (TPSA) is 59.2 Å². The minimum Gasteiger partial charge on any atom is -0.337 e. The Labute approximate surface area is 123 Å². The minimum atomic E-state index is 0.0235. The number of carbonyl (C=O) groups is 1. The lowest BCUT2D eigenvalue weighted by Crippen LogP contribution is -2.25. The van der Waals surface area contributed by atoms with E-state index in [1.54, 1.807) is 16.2 Å². The molecule has 20 heavy (non-hydrogen) atoms. The van der Waals surface area contributed by atoms with E-state index in [0.29, 0.717) is 18.7 Å². The van der Waals surface area contributed by atoms with Crippen LogP contribution in [0.1, 0.15) is 25.8 Å². The summed E-state index contributed by atoms with van der Waals surface area (Å²) in [5.41, 5.74) is 7.38. The summed E-state index contributed by atoms with van der Waals surface area (Å²) in [4.78, 5) is 19.3. The summed E-state index contributed by atoms with van der Waals surface area (Å²) in [6, 6.07) is 7.65. The van der Waals surface area contributed by atoms with Crippen molar-refractivity contribution in [2.24, 2.45) is 5.73 Å². The highest BCUT2D eigenvalue weighted by Gasteiger charge is 2.13. The molecule has 5 heteroatoms. The van der Waals surface area contributed by atoms with Crippen LogP contribution in [-0.2, 0) is 13.0 Å². The van der Waals surface area contributed by atoms with Crippen LogP contribution < -0.4 is 5.73 Å². The van der Waals surface area contributed by atoms with Gasteiger partial charge in [0.25, 0.3) is 5.91 Å². The highest BCUT2D eigenvalue weighted by atomic mass is 32.1. The van der Waals surface area contributed by atoms with Gasteiger partial charge in [-0.2, -0.15) is 0 Å². The smallest absolute Gasteiger partial charge is 0.253 e. The first-order valence-electron chi connectivity index (χ1n) is 6.56. The monoisotopic (exact) mass is 289 g/mol. The van der Waals surface area contributed by atoms with Crippen molar-refractivity contribution in [3.8, 4) is 0 Å². The van der Waals surface area contributed by atoms with Gasteiger partial charge in [0, 0.05) is 23.7 Å². The van der Waals surface area contributed by atoms with Gasteiger partial charge in [-0.15, -0.1) is 11.3 Å². The van der Waals surface area contributed by atoms with Crippen LogP contribution in [0.15, 0.2) is 30.5 Å². The molecule has 0 aliphatic rings. The van der Waals surface area contributed by atoms with Gasteiger partial charge >= 0.3 is 0 Å². The van der Waals surface area contributed by atoms with Crippen molar-refractivity contribution in [2.45, 2.75) is 19.9 Å². The molecule has 0 saturated carbocycles. The zero-order chi connectivity index (χ0) is 14.5. The lowest BCUT2D eigenvalue weighted by atomic mass is 10.1. The van der Waals surface area contributed by atoms with Gasteiger partial charge in [-0.3, -0.25) is 4.79 Å². The van der Waals surface area contributed by atoms with Gasteiger partial charge in [-0.05, 0) is 37.6 Å². The van der Waals surface area contributed by atoms with Gasteiger partial charge in [0.05, 0.1) is 11.6 Å². The lowest BCUT2D eigenvalue weighted by Gasteiger charge is -2.16.